The van der Waals surface area contributed by atoms with Gasteiger partial charge in [-0.05, 0) is 81.6 Å². The van der Waals surface area contributed by atoms with E-state index in [2.05, 4.69) is 23.4 Å². The molecule has 2 aliphatic heterocycles. The summed E-state index contributed by atoms with van der Waals surface area (Å²) >= 11 is 11.4. The van der Waals surface area contributed by atoms with Crippen molar-refractivity contribution in [3.63, 3.8) is 0 Å². The zero-order valence-corrected chi connectivity index (χ0v) is 22.9. The summed E-state index contributed by atoms with van der Waals surface area (Å²) < 4.78 is 11.0. The monoisotopic (exact) mass is 527 g/mol. The van der Waals surface area contributed by atoms with E-state index in [1.807, 2.05) is 49.1 Å². The van der Waals surface area contributed by atoms with Gasteiger partial charge in [0.1, 0.15) is 5.15 Å². The lowest BCUT2D eigenvalue weighted by atomic mass is 10.0. The number of likely N-dealkylation sites (tertiary alicyclic amines) is 1. The average Bonchev–Trinajstić information content (AvgIpc) is 3.55. The van der Waals surface area contributed by atoms with Gasteiger partial charge in [0, 0.05) is 18.3 Å². The van der Waals surface area contributed by atoms with Crippen LogP contribution in [0.1, 0.15) is 56.0 Å². The lowest BCUT2D eigenvalue weighted by Gasteiger charge is -2.42. The molecule has 1 aromatic carbocycles. The second kappa shape index (κ2) is 11.3. The van der Waals surface area contributed by atoms with Crippen LogP contribution in [0.4, 0.5) is 0 Å². The molecule has 2 aromatic rings. The van der Waals surface area contributed by atoms with Crippen LogP contribution in [0, 0.1) is 0 Å². The van der Waals surface area contributed by atoms with E-state index < -0.39 is 4.87 Å². The maximum Gasteiger partial charge on any atom is 0.255 e. The molecular formula is C28H34ClN3O3S. The number of rotatable bonds is 8. The Hall–Kier alpha value is -2.48. The predicted octanol–water partition coefficient (Wildman–Crippen LogP) is 4.35. The Morgan fingerprint density at radius 2 is 1.97 bits per heavy atom. The van der Waals surface area contributed by atoms with Crippen molar-refractivity contribution in [2.75, 3.05) is 33.0 Å². The summed E-state index contributed by atoms with van der Waals surface area (Å²) in [5.41, 5.74) is 2.31. The Morgan fingerprint density at radius 1 is 1.25 bits per heavy atom. The van der Waals surface area contributed by atoms with E-state index in [9.17, 15) is 4.79 Å². The van der Waals surface area contributed by atoms with Crippen molar-refractivity contribution in [2.45, 2.75) is 44.9 Å². The largest absolute Gasteiger partial charge is 0.454 e. The number of carbonyl (C=O) groups is 1. The molecule has 1 amide bonds. The van der Waals surface area contributed by atoms with E-state index in [-0.39, 0.29) is 17.9 Å². The molecule has 0 spiro atoms. The van der Waals surface area contributed by atoms with Crippen molar-refractivity contribution in [3.8, 4) is 11.5 Å². The van der Waals surface area contributed by atoms with Gasteiger partial charge < -0.3 is 19.3 Å². The van der Waals surface area contributed by atoms with Gasteiger partial charge in [-0.2, -0.15) is 0 Å². The maximum atomic E-state index is 14.1. The molecule has 192 valence electrons. The molecule has 0 saturated carbocycles. The highest BCUT2D eigenvalue weighted by atomic mass is 35.5. The smallest absolute Gasteiger partial charge is 0.255 e. The summed E-state index contributed by atoms with van der Waals surface area (Å²) in [6.07, 6.45) is 7.02. The number of benzene rings is 1. The Labute approximate surface area is 223 Å². The van der Waals surface area contributed by atoms with E-state index in [0.29, 0.717) is 28.4 Å². The van der Waals surface area contributed by atoms with Crippen LogP contribution in [0.3, 0.4) is 0 Å². The summed E-state index contributed by atoms with van der Waals surface area (Å²) in [4.78, 5) is 22.1. The zero-order chi connectivity index (χ0) is 25.9. The first-order valence-electron chi connectivity index (χ1n) is 12.5. The molecule has 0 radical (unpaired) electrons. The number of carbonyl (C=O) groups excluding carboxylic acids is 1. The van der Waals surface area contributed by atoms with Crippen molar-refractivity contribution in [3.05, 3.63) is 57.2 Å². The number of amides is 1. The number of allylic oxidation sites excluding steroid dienone is 2. The van der Waals surface area contributed by atoms with Gasteiger partial charge in [0.25, 0.3) is 5.91 Å². The number of aromatic nitrogens is 1. The Morgan fingerprint density at radius 3 is 2.64 bits per heavy atom. The van der Waals surface area contributed by atoms with Gasteiger partial charge in [-0.25, -0.2) is 4.98 Å². The fourth-order valence-electron chi connectivity index (χ4n) is 4.94. The van der Waals surface area contributed by atoms with Crippen molar-refractivity contribution in [1.82, 2.24) is 14.8 Å². The first-order chi connectivity index (χ1) is 17.3. The van der Waals surface area contributed by atoms with Gasteiger partial charge in [-0.15, -0.1) is 12.6 Å². The van der Waals surface area contributed by atoms with Crippen LogP contribution in [0.25, 0.3) is 18.2 Å². The van der Waals surface area contributed by atoms with Gasteiger partial charge in [0.2, 0.25) is 6.79 Å². The van der Waals surface area contributed by atoms with E-state index in [1.54, 1.807) is 6.07 Å². The number of likely N-dealkylation sites (N-methyl/N-ethyl adjacent to an activating group) is 1. The normalized spacial score (nSPS) is 17.9. The minimum Gasteiger partial charge on any atom is -0.454 e. The summed E-state index contributed by atoms with van der Waals surface area (Å²) in [5.74, 6) is 1.29. The van der Waals surface area contributed by atoms with Crippen LogP contribution >= 0.6 is 24.2 Å². The van der Waals surface area contributed by atoms with Crippen molar-refractivity contribution < 1.29 is 14.3 Å². The second-order valence-corrected chi connectivity index (χ2v) is 10.4. The van der Waals surface area contributed by atoms with Crippen molar-refractivity contribution >= 4 is 48.4 Å². The van der Waals surface area contributed by atoms with E-state index in [1.165, 1.54) is 12.8 Å². The Kier molecular flexibility index (Phi) is 8.33. The first-order valence-corrected chi connectivity index (χ1v) is 13.3. The molecule has 0 N–H and O–H groups in total. The number of thiol groups is 1. The predicted molar refractivity (Wildman–Crippen MR) is 149 cm³/mol. The topological polar surface area (TPSA) is 54.9 Å². The number of fused-ring (bicyclic) bond motifs is 1. The number of halogens is 1. The van der Waals surface area contributed by atoms with Crippen LogP contribution in [0.15, 0.2) is 30.3 Å². The van der Waals surface area contributed by atoms with Crippen LogP contribution in [0.5, 0.6) is 11.5 Å². The maximum absolute atomic E-state index is 14.1. The van der Waals surface area contributed by atoms with Crippen LogP contribution < -0.4 is 20.0 Å². The number of ether oxygens (including phenoxy) is 2. The average molecular weight is 528 g/mol. The number of hydrogen-bond acceptors (Lipinski definition) is 6. The molecule has 1 fully saturated rings. The third-order valence-electron chi connectivity index (χ3n) is 6.96. The van der Waals surface area contributed by atoms with Gasteiger partial charge >= 0.3 is 0 Å². The lowest BCUT2D eigenvalue weighted by molar-refractivity contribution is 0.0593. The van der Waals surface area contributed by atoms with E-state index in [4.69, 9.17) is 33.7 Å². The summed E-state index contributed by atoms with van der Waals surface area (Å²) in [5, 5.41) is 1.33. The van der Waals surface area contributed by atoms with Crippen LogP contribution in [-0.2, 0) is 0 Å². The molecule has 0 bridgehead atoms. The third-order valence-corrected chi connectivity index (χ3v) is 7.85. The molecule has 0 unspecified atom stereocenters. The molecule has 1 aromatic heterocycles. The minimum absolute atomic E-state index is 0.130. The zero-order valence-electron chi connectivity index (χ0n) is 21.2. The van der Waals surface area contributed by atoms with Gasteiger partial charge in [0.15, 0.2) is 11.5 Å². The minimum atomic E-state index is -0.606. The molecule has 3 heterocycles. The van der Waals surface area contributed by atoms with Crippen molar-refractivity contribution in [1.29, 1.82) is 0 Å². The molecule has 8 heteroatoms. The highest BCUT2D eigenvalue weighted by molar-refractivity contribution is 7.81. The summed E-state index contributed by atoms with van der Waals surface area (Å²) in [6, 6.07) is 7.43. The lowest BCUT2D eigenvalue weighted by Crippen LogP contribution is -2.55. The molecule has 36 heavy (non-hydrogen) atoms. The van der Waals surface area contributed by atoms with Crippen LogP contribution in [0.2, 0.25) is 5.15 Å². The molecule has 0 aliphatic carbocycles. The Bertz CT molecular complexity index is 1280. The van der Waals surface area contributed by atoms with E-state index in [0.717, 1.165) is 42.9 Å². The third kappa shape index (κ3) is 5.43. The van der Waals surface area contributed by atoms with Crippen molar-refractivity contribution in [2.24, 2.45) is 0 Å². The Balaban J connectivity index is 1.77. The highest BCUT2D eigenvalue weighted by Crippen LogP contribution is 2.35. The van der Waals surface area contributed by atoms with Gasteiger partial charge in [0.05, 0.1) is 15.8 Å². The summed E-state index contributed by atoms with van der Waals surface area (Å²) in [7, 11) is 0. The summed E-state index contributed by atoms with van der Waals surface area (Å²) in [6.45, 7) is 13.7. The molecule has 4 rings (SSSR count). The molecule has 2 aliphatic rings. The van der Waals surface area contributed by atoms with Crippen LogP contribution in [-0.4, -0.2) is 58.5 Å². The molecular weight excluding hydrogens is 494 g/mol. The van der Waals surface area contributed by atoms with E-state index >= 15 is 0 Å². The van der Waals surface area contributed by atoms with Gasteiger partial charge in [-0.1, -0.05) is 37.2 Å². The highest BCUT2D eigenvalue weighted by Gasteiger charge is 2.37. The molecule has 6 nitrogen and oxygen atoms in total. The fraction of sp³-hybridized carbons (Fsp3) is 0.429. The quantitative estimate of drug-likeness (QED) is 0.314. The molecule has 1 saturated heterocycles. The standard InChI is InChI=1S/C28H34ClN3O3S/c1-5-20(21-10-11-24-25(15-21)35-18-34-24)14-22-19(4)30-26(29)16-23(22)27(33)32(7-3)28(36,6-2)17-31-12-8-9-13-31/h5,10-11,14-16,36H,4,6-9,12-13,17-18H2,1-3H3/b20-5?,22-14+/t28-/m1/s1. The number of nitrogens with zero attached hydrogens (tertiary/aromatic N) is 3. The first kappa shape index (κ1) is 26.6. The SMILES string of the molecule is C=c1nc(Cl)cc(C(=O)N(CC)[C@@](S)(CC)CN2CCCC2)/c1=C/C(=CC)c1ccc2c(c1)OCO2. The number of hydrogen-bond donors (Lipinski definition) is 1. The number of pyridine rings is 1. The van der Waals surface area contributed by atoms with Gasteiger partial charge in [-0.3, -0.25) is 4.79 Å². The molecule has 1 atom stereocenters. The fourth-order valence-corrected chi connectivity index (χ4v) is 5.58. The second-order valence-electron chi connectivity index (χ2n) is 9.18.